The van der Waals surface area contributed by atoms with Crippen LogP contribution < -0.4 is 0 Å². The van der Waals surface area contributed by atoms with Crippen LogP contribution in [0.25, 0.3) is 0 Å². The number of ether oxygens (including phenoxy) is 18. The number of hydrogen-bond donors (Lipinski definition) is 24. The highest BCUT2D eigenvalue weighted by Gasteiger charge is 2.72. The number of carbonyl (C=O) groups is 3. The van der Waals surface area contributed by atoms with Gasteiger partial charge >= 0.3 is 11.9 Å². The van der Waals surface area contributed by atoms with Crippen LogP contribution in [0, 0.1) is 50.2 Å². The van der Waals surface area contributed by atoms with Gasteiger partial charge in [0.15, 0.2) is 62.5 Å². The number of aliphatic carboxylic acids is 1. The van der Waals surface area contributed by atoms with E-state index < -0.39 is 354 Å². The average Bonchev–Trinajstić information content (AvgIpc) is 0.672. The van der Waals surface area contributed by atoms with Gasteiger partial charge < -0.3 is 213 Å². The van der Waals surface area contributed by atoms with Gasteiger partial charge in [0, 0.05) is 0 Å². The number of hydrogen-bond acceptors (Lipinski definition) is 44. The first kappa shape index (κ1) is 99.7. The summed E-state index contributed by atoms with van der Waals surface area (Å²) in [5.41, 5.74) is -4.39. The molecule has 9 saturated heterocycles. The van der Waals surface area contributed by atoms with Crippen LogP contribution in [0.15, 0.2) is 11.6 Å². The van der Waals surface area contributed by atoms with Crippen molar-refractivity contribution >= 4 is 18.2 Å². The maximum Gasteiger partial charge on any atom is 0.335 e. The Morgan fingerprint density at radius 3 is 1.44 bits per heavy atom. The maximum atomic E-state index is 16.0. The van der Waals surface area contributed by atoms with E-state index >= 15 is 4.79 Å². The van der Waals surface area contributed by atoms with Gasteiger partial charge in [-0.2, -0.15) is 0 Å². The third-order valence-electron chi connectivity index (χ3n) is 31.0. The highest BCUT2D eigenvalue weighted by atomic mass is 16.8. The zero-order chi connectivity index (χ0) is 92.6. The molecule has 9 heterocycles. The molecule has 0 aromatic carbocycles. The van der Waals surface area contributed by atoms with Crippen LogP contribution in [0.5, 0.6) is 0 Å². The number of carbonyl (C=O) groups excluding carboxylic acids is 2. The van der Waals surface area contributed by atoms with Crippen molar-refractivity contribution in [3.05, 3.63) is 11.6 Å². The van der Waals surface area contributed by atoms with E-state index in [-0.39, 0.29) is 30.6 Å². The van der Waals surface area contributed by atoms with Gasteiger partial charge in [-0.15, -0.1) is 0 Å². The van der Waals surface area contributed by atoms with Crippen molar-refractivity contribution in [2.24, 2.45) is 50.2 Å². The summed E-state index contributed by atoms with van der Waals surface area (Å²) >= 11 is 0. The summed E-state index contributed by atoms with van der Waals surface area (Å²) in [5, 5.41) is 267. The fraction of sp³-hybridized carbons (Fsp3) is 0.939. The van der Waals surface area contributed by atoms with E-state index in [1.54, 1.807) is 6.92 Å². The molecule has 45 heteroatoms. The van der Waals surface area contributed by atoms with Crippen LogP contribution in [0.4, 0.5) is 0 Å². The van der Waals surface area contributed by atoms with E-state index in [1.165, 1.54) is 20.8 Å². The van der Waals surface area contributed by atoms with Crippen molar-refractivity contribution in [3.8, 4) is 0 Å². The molecule has 9 aliphatic heterocycles. The zero-order valence-corrected chi connectivity index (χ0v) is 71.7. The summed E-state index contributed by atoms with van der Waals surface area (Å²) in [6.45, 7) is 12.2. The second-order valence-corrected chi connectivity index (χ2v) is 39.1. The standard InChI is InChI=1S/C82H130O45/c1-27-40(88)47(95)55(103)67(113-27)112-25-36-59(120-70-56(104)48(96)41(89)28(2)114-70)52(100)58(106)72(118-36)122-60-50(98)42(90)29(3)115-73(60)127-76(109)82-18-16-77(4,5)20-31(82)30-10-11-38-78(6)14-13-39(79(7,26-85)37(78)12-15-81(38,9)80(30,8)17-19-82)119-75-65(126-69-54(102)44(92)33(87)24-111-69)63(62(64(125-75)66(107)108)123-71-57(105)49(97)45(93)34(21-83)116-71)124-74-61(51(99)46(94)35(22-84)117-74)121-68-53(101)43(91)32(86)23-110-68/h10,26-29,31-65,67-75,83-84,86-106H,11-25H2,1-9H3,(H,107,108). The molecule has 4 saturated carbocycles. The van der Waals surface area contributed by atoms with E-state index in [4.69, 9.17) is 85.3 Å². The van der Waals surface area contributed by atoms with E-state index in [0.29, 0.717) is 44.9 Å². The maximum absolute atomic E-state index is 16.0. The van der Waals surface area contributed by atoms with Gasteiger partial charge in [0.2, 0.25) is 6.29 Å². The van der Waals surface area contributed by atoms with E-state index in [1.807, 2.05) is 0 Å². The highest BCUT2D eigenvalue weighted by molar-refractivity contribution is 5.79. The van der Waals surface area contributed by atoms with Crippen LogP contribution in [0.1, 0.15) is 127 Å². The van der Waals surface area contributed by atoms with Crippen LogP contribution in [0.3, 0.4) is 0 Å². The second-order valence-electron chi connectivity index (χ2n) is 39.1. The first-order chi connectivity index (χ1) is 59.7. The summed E-state index contributed by atoms with van der Waals surface area (Å²) < 4.78 is 110. The minimum absolute atomic E-state index is 0.0122. The third-order valence-corrected chi connectivity index (χ3v) is 31.0. The quantitative estimate of drug-likeness (QED) is 0.0195. The van der Waals surface area contributed by atoms with Gasteiger partial charge in [-0.1, -0.05) is 53.2 Å². The van der Waals surface area contributed by atoms with Crippen molar-refractivity contribution in [2.75, 3.05) is 33.0 Å². The molecule has 0 aromatic heterocycles. The lowest BCUT2D eigenvalue weighted by atomic mass is 9.33. The number of aliphatic hydroxyl groups excluding tert-OH is 23. The van der Waals surface area contributed by atoms with Gasteiger partial charge in [0.25, 0.3) is 0 Å². The molecule has 127 heavy (non-hydrogen) atoms. The molecule has 13 fully saturated rings. The number of fused-ring (bicyclic) bond motifs is 7. The summed E-state index contributed by atoms with van der Waals surface area (Å²) in [6, 6.07) is 0. The van der Waals surface area contributed by atoms with Crippen molar-refractivity contribution in [3.63, 3.8) is 0 Å². The van der Waals surface area contributed by atoms with Gasteiger partial charge in [-0.05, 0) is 124 Å². The van der Waals surface area contributed by atoms with Crippen LogP contribution >= 0.6 is 0 Å². The molecular weight excluding hydrogens is 1700 g/mol. The Bertz CT molecular complexity index is 3760. The molecule has 14 rings (SSSR count). The number of esters is 1. The van der Waals surface area contributed by atoms with Gasteiger partial charge in [0.1, 0.15) is 183 Å². The van der Waals surface area contributed by atoms with Gasteiger partial charge in [0.05, 0.1) is 68.3 Å². The molecule has 24 N–H and O–H groups in total. The first-order valence-electron chi connectivity index (χ1n) is 43.8. The summed E-state index contributed by atoms with van der Waals surface area (Å²) in [5.74, 6) is -4.02. The zero-order valence-electron chi connectivity index (χ0n) is 71.7. The molecule has 5 aliphatic carbocycles. The predicted octanol–water partition coefficient (Wildman–Crippen LogP) is -9.28. The SMILES string of the molecule is CC1OC(OCC2OC(OC3C(OC(=O)C45CCC(C)(C)CC4C4=CCC6C7(C)CCC(OC8OC(C(=O)O)C(OC9OC(CO)C(O)C(O)C9O)C(OC9OC(CO)C(O)C(O)C9OC9OCC(O)C(O)C9O)C8OC8OCC(O)C(O)C8O)C(C)(C=O)C7CCC6(C)C4(C)CC5)OC(C)C(O)C3O)C(O)C(O)C2OC2OC(C)C(O)C(O)C2O)C(O)C(O)C1O. The average molecular weight is 1840 g/mol. The summed E-state index contributed by atoms with van der Waals surface area (Å²) in [7, 11) is 0. The smallest absolute Gasteiger partial charge is 0.335 e. The number of allylic oxidation sites excluding steroid dienone is 2. The Morgan fingerprint density at radius 2 is 0.858 bits per heavy atom. The fourth-order valence-electron chi connectivity index (χ4n) is 22.9. The number of aliphatic hydroxyl groups is 23. The first-order valence-corrected chi connectivity index (χ1v) is 43.8. The van der Waals surface area contributed by atoms with Crippen molar-refractivity contribution < 1.29 is 222 Å². The van der Waals surface area contributed by atoms with Crippen LogP contribution in [-0.4, -0.2) is 444 Å². The normalized spacial score (nSPS) is 54.9. The van der Waals surface area contributed by atoms with Crippen molar-refractivity contribution in [1.29, 1.82) is 0 Å². The molecule has 52 unspecified atom stereocenters. The van der Waals surface area contributed by atoms with E-state index in [0.717, 1.165) is 11.9 Å². The lowest BCUT2D eigenvalue weighted by Gasteiger charge is -2.71. The molecule has 0 radical (unpaired) electrons. The largest absolute Gasteiger partial charge is 0.479 e. The third kappa shape index (κ3) is 18.0. The molecule has 728 valence electrons. The van der Waals surface area contributed by atoms with Crippen molar-refractivity contribution in [2.45, 2.75) is 397 Å². The molecule has 45 nitrogen and oxygen atoms in total. The minimum atomic E-state index is -2.47. The molecule has 0 amide bonds. The topological polar surface area (TPSA) is 703 Å². The summed E-state index contributed by atoms with van der Waals surface area (Å²) in [6.07, 6.45) is -78.2. The Balaban J connectivity index is 0.752. The Morgan fingerprint density at radius 1 is 0.417 bits per heavy atom. The monoisotopic (exact) mass is 1830 g/mol. The molecule has 0 aromatic rings. The lowest BCUT2D eigenvalue weighted by molar-refractivity contribution is -0.414. The molecule has 14 aliphatic rings. The number of aldehydes is 1. The molecular formula is C82H130O45. The molecule has 0 spiro atoms. The van der Waals surface area contributed by atoms with Crippen molar-refractivity contribution in [1.82, 2.24) is 0 Å². The Labute approximate surface area is 729 Å². The van der Waals surface area contributed by atoms with Gasteiger partial charge in [-0.3, -0.25) is 4.79 Å². The predicted molar refractivity (Wildman–Crippen MR) is 411 cm³/mol. The molecule has 52 atom stereocenters. The lowest BCUT2D eigenvalue weighted by Crippen LogP contribution is -2.70. The van der Waals surface area contributed by atoms with Crippen LogP contribution in [-0.2, 0) is 99.6 Å². The second kappa shape index (κ2) is 38.4. The van der Waals surface area contributed by atoms with E-state index in [9.17, 15) is 132 Å². The summed E-state index contributed by atoms with van der Waals surface area (Å²) in [4.78, 5) is 44.9. The highest BCUT2D eigenvalue weighted by Crippen LogP contribution is 2.76. The Kier molecular flexibility index (Phi) is 30.1. The minimum Gasteiger partial charge on any atom is -0.479 e. The number of carboxylic acid groups (broad SMARTS) is 1. The number of carboxylic acids is 1. The van der Waals surface area contributed by atoms with E-state index in [2.05, 4.69) is 40.7 Å². The fourth-order valence-corrected chi connectivity index (χ4v) is 22.9. The molecule has 0 bridgehead atoms. The van der Waals surface area contributed by atoms with Crippen LogP contribution in [0.2, 0.25) is 0 Å². The Hall–Kier alpha value is -3.25. The van der Waals surface area contributed by atoms with Gasteiger partial charge in [-0.25, -0.2) is 4.79 Å². The number of rotatable bonds is 23.